The molecule has 0 saturated carbocycles. The first-order chi connectivity index (χ1) is 13.2. The summed E-state index contributed by atoms with van der Waals surface area (Å²) in [5.41, 5.74) is 8.23. The van der Waals surface area contributed by atoms with E-state index in [-0.39, 0.29) is 0 Å². The van der Waals surface area contributed by atoms with Crippen molar-refractivity contribution in [3.8, 4) is 11.1 Å². The van der Waals surface area contributed by atoms with E-state index in [2.05, 4.69) is 69.8 Å². The first kappa shape index (κ1) is 17.0. The summed E-state index contributed by atoms with van der Waals surface area (Å²) in [5.74, 6) is 0.581. The van der Waals surface area contributed by atoms with Crippen LogP contribution < -0.4 is 4.90 Å². The number of likely N-dealkylation sites (N-methyl/N-ethyl adjacent to an activating group) is 1. The van der Waals surface area contributed by atoms with Crippen LogP contribution in [0.1, 0.15) is 29.9 Å². The quantitative estimate of drug-likeness (QED) is 0.594. The van der Waals surface area contributed by atoms with Gasteiger partial charge in [-0.15, -0.1) is 11.3 Å². The van der Waals surface area contributed by atoms with Gasteiger partial charge >= 0.3 is 0 Å². The van der Waals surface area contributed by atoms with Crippen molar-refractivity contribution >= 4 is 22.7 Å². The zero-order chi connectivity index (χ0) is 18.4. The van der Waals surface area contributed by atoms with Gasteiger partial charge in [0.1, 0.15) is 0 Å². The molecule has 4 heteroatoms. The van der Waals surface area contributed by atoms with E-state index in [1.165, 1.54) is 53.0 Å². The van der Waals surface area contributed by atoms with Crippen molar-refractivity contribution in [3.63, 3.8) is 0 Å². The first-order valence-electron chi connectivity index (χ1n) is 9.77. The summed E-state index contributed by atoms with van der Waals surface area (Å²) in [4.78, 5) is 9.35. The number of thiophene rings is 1. The normalized spacial score (nSPS) is 22.4. The highest BCUT2D eigenvalue weighted by atomic mass is 32.1. The Kier molecular flexibility index (Phi) is 4.25. The smallest absolute Gasteiger partial charge is 0.0602 e. The molecule has 0 aliphatic carbocycles. The van der Waals surface area contributed by atoms with Crippen molar-refractivity contribution in [2.24, 2.45) is 0 Å². The number of fused-ring (bicyclic) bond motifs is 3. The molecule has 1 fully saturated rings. The third-order valence-electron chi connectivity index (χ3n) is 6.08. The van der Waals surface area contributed by atoms with Crippen LogP contribution in [0.3, 0.4) is 0 Å². The SMILES string of the molecule is Cc1ccc2c(c1)C1CN(C)CCCC1N2c1cscc1-c1ccncc1. The highest BCUT2D eigenvalue weighted by Gasteiger charge is 2.41. The summed E-state index contributed by atoms with van der Waals surface area (Å²) in [6.07, 6.45) is 6.28. The van der Waals surface area contributed by atoms with Crippen LogP contribution in [0.4, 0.5) is 11.4 Å². The number of aryl methyl sites for hydroxylation is 1. The molecule has 27 heavy (non-hydrogen) atoms. The van der Waals surface area contributed by atoms with Gasteiger partial charge in [-0.1, -0.05) is 17.7 Å². The number of hydrogen-bond acceptors (Lipinski definition) is 4. The predicted molar refractivity (Wildman–Crippen MR) is 114 cm³/mol. The number of rotatable bonds is 2. The number of aromatic nitrogens is 1. The Bertz CT molecular complexity index is 949. The molecule has 0 radical (unpaired) electrons. The molecule has 0 bridgehead atoms. The van der Waals surface area contributed by atoms with Crippen LogP contribution in [0.15, 0.2) is 53.5 Å². The fourth-order valence-electron chi connectivity index (χ4n) is 4.84. The molecule has 4 heterocycles. The molecule has 1 saturated heterocycles. The maximum atomic E-state index is 4.20. The van der Waals surface area contributed by atoms with E-state index in [0.29, 0.717) is 12.0 Å². The Morgan fingerprint density at radius 3 is 2.78 bits per heavy atom. The van der Waals surface area contributed by atoms with E-state index in [0.717, 1.165) is 6.54 Å². The van der Waals surface area contributed by atoms with Crippen LogP contribution in [0.2, 0.25) is 0 Å². The molecule has 5 rings (SSSR count). The number of anilines is 2. The van der Waals surface area contributed by atoms with Crippen molar-refractivity contribution in [2.75, 3.05) is 25.0 Å². The highest BCUT2D eigenvalue weighted by Crippen LogP contribution is 2.51. The van der Waals surface area contributed by atoms with E-state index >= 15 is 0 Å². The molecule has 0 spiro atoms. The van der Waals surface area contributed by atoms with Gasteiger partial charge in [0.15, 0.2) is 0 Å². The summed E-state index contributed by atoms with van der Waals surface area (Å²) in [6.45, 7) is 4.56. The Labute approximate surface area is 165 Å². The molecular formula is C23H25N3S. The van der Waals surface area contributed by atoms with Gasteiger partial charge in [-0.3, -0.25) is 4.98 Å². The van der Waals surface area contributed by atoms with Crippen LogP contribution in [0, 0.1) is 6.92 Å². The van der Waals surface area contributed by atoms with Crippen LogP contribution >= 0.6 is 11.3 Å². The molecule has 2 unspecified atom stereocenters. The van der Waals surface area contributed by atoms with Gasteiger partial charge in [0.2, 0.25) is 0 Å². The lowest BCUT2D eigenvalue weighted by Gasteiger charge is -2.30. The minimum Gasteiger partial charge on any atom is -0.336 e. The Hall–Kier alpha value is -2.17. The molecule has 1 aromatic carbocycles. The van der Waals surface area contributed by atoms with Gasteiger partial charge in [-0.2, -0.15) is 0 Å². The summed E-state index contributed by atoms with van der Waals surface area (Å²) >= 11 is 1.80. The van der Waals surface area contributed by atoms with E-state index in [1.807, 2.05) is 12.4 Å². The van der Waals surface area contributed by atoms with Gasteiger partial charge in [-0.25, -0.2) is 0 Å². The van der Waals surface area contributed by atoms with Crippen LogP contribution in [-0.4, -0.2) is 36.1 Å². The molecule has 0 N–H and O–H groups in total. The fourth-order valence-corrected chi connectivity index (χ4v) is 5.67. The lowest BCUT2D eigenvalue weighted by atomic mass is 9.92. The van der Waals surface area contributed by atoms with Gasteiger partial charge in [0, 0.05) is 52.9 Å². The molecule has 2 aliphatic rings. The number of nitrogens with zero attached hydrogens (tertiary/aromatic N) is 3. The first-order valence-corrected chi connectivity index (χ1v) is 10.7. The number of benzene rings is 1. The van der Waals surface area contributed by atoms with Gasteiger partial charge in [0.05, 0.1) is 5.69 Å². The highest BCUT2D eigenvalue weighted by molar-refractivity contribution is 7.08. The molecule has 2 aromatic heterocycles. The summed E-state index contributed by atoms with van der Waals surface area (Å²) in [7, 11) is 2.27. The Morgan fingerprint density at radius 2 is 1.93 bits per heavy atom. The van der Waals surface area contributed by atoms with Gasteiger partial charge in [-0.05, 0) is 62.7 Å². The molecular weight excluding hydrogens is 350 g/mol. The molecule has 138 valence electrons. The molecule has 0 amide bonds. The second-order valence-corrected chi connectivity index (χ2v) is 8.66. The topological polar surface area (TPSA) is 19.4 Å². The largest absolute Gasteiger partial charge is 0.336 e. The Morgan fingerprint density at radius 1 is 1.07 bits per heavy atom. The molecule has 2 aliphatic heterocycles. The summed E-state index contributed by atoms with van der Waals surface area (Å²) in [5, 5.41) is 4.62. The van der Waals surface area contributed by atoms with Crippen LogP contribution in [-0.2, 0) is 0 Å². The number of pyridine rings is 1. The number of hydrogen-bond donors (Lipinski definition) is 0. The van der Waals surface area contributed by atoms with Crippen LogP contribution in [0.5, 0.6) is 0 Å². The minimum absolute atomic E-state index is 0.543. The van der Waals surface area contributed by atoms with Crippen molar-refractivity contribution in [1.82, 2.24) is 9.88 Å². The van der Waals surface area contributed by atoms with Crippen molar-refractivity contribution < 1.29 is 0 Å². The number of likely N-dealkylation sites (tertiary alicyclic amines) is 1. The minimum atomic E-state index is 0.543. The monoisotopic (exact) mass is 375 g/mol. The lowest BCUT2D eigenvalue weighted by molar-refractivity contribution is 0.331. The standard InChI is InChI=1S/C23H25N3S/c1-16-5-6-22-18(12-16)19-13-25(2)11-3-4-21(19)26(22)23-15-27-14-20(23)17-7-9-24-10-8-17/h5-10,12,14-15,19,21H,3-4,11,13H2,1-2H3. The zero-order valence-electron chi connectivity index (χ0n) is 15.9. The third kappa shape index (κ3) is 2.88. The molecule has 3 nitrogen and oxygen atoms in total. The Balaban J connectivity index is 1.66. The maximum absolute atomic E-state index is 4.20. The maximum Gasteiger partial charge on any atom is 0.0602 e. The zero-order valence-corrected chi connectivity index (χ0v) is 16.7. The van der Waals surface area contributed by atoms with Crippen molar-refractivity contribution in [1.29, 1.82) is 0 Å². The lowest BCUT2D eigenvalue weighted by Crippen LogP contribution is -2.32. The molecule has 3 aromatic rings. The average Bonchev–Trinajstić information content (AvgIpc) is 3.20. The van der Waals surface area contributed by atoms with E-state index in [1.54, 1.807) is 11.3 Å². The van der Waals surface area contributed by atoms with E-state index in [9.17, 15) is 0 Å². The second-order valence-electron chi connectivity index (χ2n) is 7.92. The third-order valence-corrected chi connectivity index (χ3v) is 6.81. The molecule has 2 atom stereocenters. The van der Waals surface area contributed by atoms with Crippen LogP contribution in [0.25, 0.3) is 11.1 Å². The average molecular weight is 376 g/mol. The summed E-state index contributed by atoms with van der Waals surface area (Å²) in [6, 6.07) is 11.8. The summed E-state index contributed by atoms with van der Waals surface area (Å²) < 4.78 is 0. The van der Waals surface area contributed by atoms with E-state index in [4.69, 9.17) is 0 Å². The van der Waals surface area contributed by atoms with E-state index < -0.39 is 0 Å². The van der Waals surface area contributed by atoms with Gasteiger partial charge < -0.3 is 9.80 Å². The predicted octanol–water partition coefficient (Wildman–Crippen LogP) is 5.45. The van der Waals surface area contributed by atoms with Gasteiger partial charge in [0.25, 0.3) is 0 Å². The second kappa shape index (κ2) is 6.77. The van der Waals surface area contributed by atoms with Crippen molar-refractivity contribution in [2.45, 2.75) is 31.7 Å². The van der Waals surface area contributed by atoms with Crippen molar-refractivity contribution in [3.05, 3.63) is 64.6 Å². The fraction of sp³-hybridized carbons (Fsp3) is 0.348.